The van der Waals surface area contributed by atoms with E-state index in [0.717, 1.165) is 11.1 Å². The summed E-state index contributed by atoms with van der Waals surface area (Å²) >= 11 is 0. The van der Waals surface area contributed by atoms with E-state index in [9.17, 15) is 8.42 Å². The normalized spacial score (nSPS) is 11.4. The summed E-state index contributed by atoms with van der Waals surface area (Å²) in [5.41, 5.74) is 1.75. The molecule has 0 radical (unpaired) electrons. The van der Waals surface area contributed by atoms with Gasteiger partial charge in [-0.15, -0.1) is 0 Å². The summed E-state index contributed by atoms with van der Waals surface area (Å²) in [6, 6.07) is 12.9. The minimum Gasteiger partial charge on any atom is -0.508 e. The minimum absolute atomic E-state index is 0.0834. The Balaban J connectivity index is 2.39. The van der Waals surface area contributed by atoms with E-state index in [1.165, 1.54) is 12.1 Å². The maximum Gasteiger partial charge on any atom is 0.238 e. The number of phenols is 1. The number of hydrogen-bond donors (Lipinski definition) is 2. The summed E-state index contributed by atoms with van der Waals surface area (Å²) in [6.07, 6.45) is 0. The molecular weight excluding hydrogens is 238 g/mol. The van der Waals surface area contributed by atoms with Gasteiger partial charge < -0.3 is 5.11 Å². The first-order chi connectivity index (χ1) is 7.97. The Kier molecular flexibility index (Phi) is 2.87. The van der Waals surface area contributed by atoms with Gasteiger partial charge in [0, 0.05) is 0 Å². The molecule has 0 spiro atoms. The molecule has 0 fully saturated rings. The highest BCUT2D eigenvalue weighted by Crippen LogP contribution is 2.22. The monoisotopic (exact) mass is 249 g/mol. The summed E-state index contributed by atoms with van der Waals surface area (Å²) in [6.45, 7) is 0. The number of nitrogens with two attached hydrogens (primary N) is 1. The first kappa shape index (κ1) is 11.6. The van der Waals surface area contributed by atoms with Gasteiger partial charge >= 0.3 is 0 Å². The molecule has 2 rings (SSSR count). The molecule has 0 aromatic heterocycles. The highest BCUT2D eigenvalue weighted by molar-refractivity contribution is 7.89. The third-order valence-corrected chi connectivity index (χ3v) is 3.31. The molecule has 0 saturated heterocycles. The van der Waals surface area contributed by atoms with Gasteiger partial charge in [0.2, 0.25) is 10.0 Å². The summed E-state index contributed by atoms with van der Waals surface area (Å²) in [4.78, 5) is 0.0834. The molecule has 0 aliphatic rings. The fraction of sp³-hybridized carbons (Fsp3) is 0. The summed E-state index contributed by atoms with van der Waals surface area (Å²) in [5, 5.41) is 14.2. The van der Waals surface area contributed by atoms with Crippen molar-refractivity contribution >= 4 is 10.0 Å². The molecule has 4 nitrogen and oxygen atoms in total. The van der Waals surface area contributed by atoms with Crippen LogP contribution in [0.25, 0.3) is 11.1 Å². The maximum absolute atomic E-state index is 11.1. The van der Waals surface area contributed by atoms with Gasteiger partial charge in [0.25, 0.3) is 0 Å². The Bertz CT molecular complexity index is 616. The molecule has 0 bridgehead atoms. The second-order valence-electron chi connectivity index (χ2n) is 3.62. The smallest absolute Gasteiger partial charge is 0.238 e. The standard InChI is InChI=1S/C12H11NO3S/c13-17(15,16)12-7-3-10(4-8-12)9-1-5-11(14)6-2-9/h1-8,14H,(H2,13,15,16). The zero-order chi connectivity index (χ0) is 12.5. The summed E-state index contributed by atoms with van der Waals surface area (Å²) < 4.78 is 22.1. The van der Waals surface area contributed by atoms with Gasteiger partial charge in [0.15, 0.2) is 0 Å². The van der Waals surface area contributed by atoms with Crippen molar-refractivity contribution in [1.29, 1.82) is 0 Å². The Morgan fingerprint density at radius 1 is 0.824 bits per heavy atom. The molecule has 88 valence electrons. The second kappa shape index (κ2) is 4.20. The van der Waals surface area contributed by atoms with Crippen LogP contribution in [0.5, 0.6) is 5.75 Å². The van der Waals surface area contributed by atoms with Gasteiger partial charge in [-0.1, -0.05) is 24.3 Å². The molecule has 0 aliphatic heterocycles. The van der Waals surface area contributed by atoms with Gasteiger partial charge in [0.05, 0.1) is 4.90 Å². The fourth-order valence-corrected chi connectivity index (χ4v) is 2.01. The van der Waals surface area contributed by atoms with Crippen molar-refractivity contribution in [2.75, 3.05) is 0 Å². The van der Waals surface area contributed by atoms with Crippen molar-refractivity contribution in [2.45, 2.75) is 4.90 Å². The molecule has 2 aromatic rings. The molecule has 0 heterocycles. The van der Waals surface area contributed by atoms with Crippen molar-refractivity contribution in [1.82, 2.24) is 0 Å². The lowest BCUT2D eigenvalue weighted by molar-refractivity contribution is 0.475. The van der Waals surface area contributed by atoms with Crippen LogP contribution in [-0.4, -0.2) is 13.5 Å². The highest BCUT2D eigenvalue weighted by Gasteiger charge is 2.07. The SMILES string of the molecule is NS(=O)(=O)c1ccc(-c2ccc(O)cc2)cc1. The molecule has 5 heteroatoms. The number of phenolic OH excluding ortho intramolecular Hbond substituents is 1. The van der Waals surface area contributed by atoms with Crippen molar-refractivity contribution in [2.24, 2.45) is 5.14 Å². The Morgan fingerprint density at radius 3 is 1.65 bits per heavy atom. The topological polar surface area (TPSA) is 80.4 Å². The van der Waals surface area contributed by atoms with Crippen LogP contribution in [0, 0.1) is 0 Å². The molecule has 0 saturated carbocycles. The van der Waals surface area contributed by atoms with Crippen LogP contribution in [0.3, 0.4) is 0 Å². The van der Waals surface area contributed by atoms with E-state index >= 15 is 0 Å². The molecule has 0 unspecified atom stereocenters. The summed E-state index contributed by atoms with van der Waals surface area (Å²) in [5.74, 6) is 0.190. The van der Waals surface area contributed by atoms with Crippen LogP contribution in [-0.2, 0) is 10.0 Å². The lowest BCUT2D eigenvalue weighted by Crippen LogP contribution is -2.11. The van der Waals surface area contributed by atoms with Crippen LogP contribution >= 0.6 is 0 Å². The first-order valence-electron chi connectivity index (χ1n) is 4.89. The Labute approximate surface area is 99.4 Å². The predicted octanol–water partition coefficient (Wildman–Crippen LogP) is 1.71. The first-order valence-corrected chi connectivity index (χ1v) is 6.44. The average molecular weight is 249 g/mol. The zero-order valence-electron chi connectivity index (χ0n) is 8.87. The third-order valence-electron chi connectivity index (χ3n) is 2.38. The van der Waals surface area contributed by atoms with E-state index in [0.29, 0.717) is 0 Å². The van der Waals surface area contributed by atoms with Gasteiger partial charge in [-0.3, -0.25) is 0 Å². The number of rotatable bonds is 2. The lowest BCUT2D eigenvalue weighted by Gasteiger charge is -2.03. The predicted molar refractivity (Wildman–Crippen MR) is 64.9 cm³/mol. The van der Waals surface area contributed by atoms with Crippen molar-refractivity contribution < 1.29 is 13.5 Å². The van der Waals surface area contributed by atoms with Gasteiger partial charge in [-0.25, -0.2) is 13.6 Å². The Hall–Kier alpha value is -1.85. The summed E-state index contributed by atoms with van der Waals surface area (Å²) in [7, 11) is -3.65. The van der Waals surface area contributed by atoms with Crippen molar-refractivity contribution in [3.05, 3.63) is 48.5 Å². The highest BCUT2D eigenvalue weighted by atomic mass is 32.2. The lowest BCUT2D eigenvalue weighted by atomic mass is 10.1. The fourth-order valence-electron chi connectivity index (χ4n) is 1.49. The van der Waals surface area contributed by atoms with Crippen LogP contribution in [0.15, 0.2) is 53.4 Å². The van der Waals surface area contributed by atoms with Crippen LogP contribution in [0.1, 0.15) is 0 Å². The second-order valence-corrected chi connectivity index (χ2v) is 5.18. The van der Waals surface area contributed by atoms with Gasteiger partial charge in [-0.2, -0.15) is 0 Å². The van der Waals surface area contributed by atoms with E-state index < -0.39 is 10.0 Å². The molecule has 3 N–H and O–H groups in total. The number of hydrogen-bond acceptors (Lipinski definition) is 3. The van der Waals surface area contributed by atoms with E-state index in [1.54, 1.807) is 36.4 Å². The number of aromatic hydroxyl groups is 1. The third kappa shape index (κ3) is 2.64. The average Bonchev–Trinajstić information content (AvgIpc) is 2.29. The maximum atomic E-state index is 11.1. The largest absolute Gasteiger partial charge is 0.508 e. The molecule has 17 heavy (non-hydrogen) atoms. The number of benzene rings is 2. The van der Waals surface area contributed by atoms with E-state index in [1.807, 2.05) is 0 Å². The van der Waals surface area contributed by atoms with Crippen LogP contribution < -0.4 is 5.14 Å². The van der Waals surface area contributed by atoms with E-state index in [4.69, 9.17) is 10.2 Å². The number of primary sulfonamides is 1. The van der Waals surface area contributed by atoms with E-state index in [-0.39, 0.29) is 10.6 Å². The molecule has 0 amide bonds. The quantitative estimate of drug-likeness (QED) is 0.850. The molecule has 0 atom stereocenters. The van der Waals surface area contributed by atoms with Crippen LogP contribution in [0.4, 0.5) is 0 Å². The molecule has 2 aromatic carbocycles. The van der Waals surface area contributed by atoms with Crippen molar-refractivity contribution in [3.63, 3.8) is 0 Å². The number of sulfonamides is 1. The van der Waals surface area contributed by atoms with E-state index in [2.05, 4.69) is 0 Å². The minimum atomic E-state index is -3.65. The van der Waals surface area contributed by atoms with Gasteiger partial charge in [-0.05, 0) is 35.4 Å². The molecule has 0 aliphatic carbocycles. The van der Waals surface area contributed by atoms with Crippen LogP contribution in [0.2, 0.25) is 0 Å². The molecular formula is C12H11NO3S. The van der Waals surface area contributed by atoms with Gasteiger partial charge in [0.1, 0.15) is 5.75 Å². The zero-order valence-corrected chi connectivity index (χ0v) is 9.68. The van der Waals surface area contributed by atoms with Crippen molar-refractivity contribution in [3.8, 4) is 16.9 Å². The Morgan fingerprint density at radius 2 is 1.24 bits per heavy atom.